The smallest absolute Gasteiger partial charge is 0.325 e. The number of aliphatic hydroxyl groups excluding tert-OH is 1. The van der Waals surface area contributed by atoms with Gasteiger partial charge in [-0.1, -0.05) is 24.3 Å². The summed E-state index contributed by atoms with van der Waals surface area (Å²) in [6.07, 6.45) is -1.02. The Bertz CT molecular complexity index is 957. The van der Waals surface area contributed by atoms with Crippen molar-refractivity contribution in [2.45, 2.75) is 39.3 Å². The van der Waals surface area contributed by atoms with Crippen molar-refractivity contribution < 1.29 is 24.2 Å². The van der Waals surface area contributed by atoms with Crippen LogP contribution in [0.2, 0.25) is 0 Å². The first-order valence-corrected chi connectivity index (χ1v) is 9.83. The van der Waals surface area contributed by atoms with Gasteiger partial charge in [0, 0.05) is 0 Å². The summed E-state index contributed by atoms with van der Waals surface area (Å²) in [4.78, 5) is 26.5. The molecule has 2 aromatic rings. The first-order chi connectivity index (χ1) is 14.2. The van der Waals surface area contributed by atoms with Crippen molar-refractivity contribution in [3.8, 4) is 11.5 Å². The molecule has 7 heteroatoms. The van der Waals surface area contributed by atoms with Crippen molar-refractivity contribution in [2.75, 3.05) is 20.3 Å². The lowest BCUT2D eigenvalue weighted by Gasteiger charge is -2.23. The van der Waals surface area contributed by atoms with E-state index in [1.54, 1.807) is 38.3 Å². The van der Waals surface area contributed by atoms with Crippen LogP contribution < -0.4 is 14.8 Å². The second-order valence-electron chi connectivity index (χ2n) is 7.82. The van der Waals surface area contributed by atoms with Crippen LogP contribution in [0.25, 0.3) is 0 Å². The SMILES string of the molecule is COc1ccc([C@@]2(C)NC(=O)N(C[C@@H](O)COc3c(C)ccc(C)c3C)C2=O)cc1. The molecule has 2 aromatic carbocycles. The van der Waals surface area contributed by atoms with Crippen LogP contribution in [-0.2, 0) is 10.3 Å². The third-order valence-electron chi connectivity index (χ3n) is 5.63. The number of carbonyl (C=O) groups excluding carboxylic acids is 2. The van der Waals surface area contributed by atoms with Gasteiger partial charge in [0.25, 0.3) is 5.91 Å². The fourth-order valence-electron chi connectivity index (χ4n) is 3.57. The zero-order valence-corrected chi connectivity index (χ0v) is 18.0. The Balaban J connectivity index is 1.68. The van der Waals surface area contributed by atoms with Gasteiger partial charge in [-0.3, -0.25) is 9.69 Å². The molecule has 1 saturated heterocycles. The highest BCUT2D eigenvalue weighted by molar-refractivity contribution is 6.07. The lowest BCUT2D eigenvalue weighted by atomic mass is 9.92. The number of ether oxygens (including phenoxy) is 2. The lowest BCUT2D eigenvalue weighted by molar-refractivity contribution is -0.132. The molecule has 0 saturated carbocycles. The molecular formula is C23H28N2O5. The molecule has 1 fully saturated rings. The number of aryl methyl sites for hydroxylation is 2. The van der Waals surface area contributed by atoms with E-state index in [2.05, 4.69) is 5.32 Å². The standard InChI is InChI=1S/C23H28N2O5/c1-14-6-7-15(2)20(16(14)3)30-13-18(26)12-25-21(27)23(4,24-22(25)28)17-8-10-19(29-5)11-9-17/h6-11,18,26H,12-13H2,1-5H3,(H,24,28)/t18-,23-/m1/s1. The summed E-state index contributed by atoms with van der Waals surface area (Å²) < 4.78 is 11.0. The summed E-state index contributed by atoms with van der Waals surface area (Å²) in [5.41, 5.74) is 2.50. The van der Waals surface area contributed by atoms with Gasteiger partial charge in [-0.2, -0.15) is 0 Å². The number of β-amino-alcohol motifs (C(OH)–C–C–N with tert-alkyl or cyclic N) is 1. The van der Waals surface area contributed by atoms with Gasteiger partial charge in [-0.05, 0) is 62.1 Å². The van der Waals surface area contributed by atoms with Crippen LogP contribution >= 0.6 is 0 Å². The summed E-state index contributed by atoms with van der Waals surface area (Å²) in [5, 5.41) is 13.2. The summed E-state index contributed by atoms with van der Waals surface area (Å²) in [6.45, 7) is 7.36. The van der Waals surface area contributed by atoms with Crippen molar-refractivity contribution in [1.29, 1.82) is 0 Å². The van der Waals surface area contributed by atoms with E-state index in [0.717, 1.165) is 21.6 Å². The molecule has 2 N–H and O–H groups in total. The van der Waals surface area contributed by atoms with Crippen LogP contribution in [0.3, 0.4) is 0 Å². The molecule has 3 amide bonds. The van der Waals surface area contributed by atoms with Crippen LogP contribution in [0.1, 0.15) is 29.2 Å². The molecule has 0 spiro atoms. The number of nitrogens with zero attached hydrogens (tertiary/aromatic N) is 1. The Morgan fingerprint density at radius 1 is 1.07 bits per heavy atom. The van der Waals surface area contributed by atoms with Gasteiger partial charge < -0.3 is 19.9 Å². The van der Waals surface area contributed by atoms with Crippen LogP contribution in [0.15, 0.2) is 36.4 Å². The fraction of sp³-hybridized carbons (Fsp3) is 0.391. The largest absolute Gasteiger partial charge is 0.497 e. The maximum Gasteiger partial charge on any atom is 0.325 e. The highest BCUT2D eigenvalue weighted by Gasteiger charge is 2.49. The van der Waals surface area contributed by atoms with Gasteiger partial charge in [-0.15, -0.1) is 0 Å². The van der Waals surface area contributed by atoms with Gasteiger partial charge in [0.2, 0.25) is 0 Å². The highest BCUT2D eigenvalue weighted by Crippen LogP contribution is 2.30. The predicted octanol–water partition coefficient (Wildman–Crippen LogP) is 2.83. The second kappa shape index (κ2) is 8.36. The molecule has 3 rings (SSSR count). The molecule has 0 unspecified atom stereocenters. The van der Waals surface area contributed by atoms with E-state index in [0.29, 0.717) is 17.1 Å². The zero-order chi connectivity index (χ0) is 22.1. The summed E-state index contributed by atoms with van der Waals surface area (Å²) in [5.74, 6) is 0.958. The normalized spacial score (nSPS) is 19.6. The first-order valence-electron chi connectivity index (χ1n) is 9.83. The summed E-state index contributed by atoms with van der Waals surface area (Å²) in [7, 11) is 1.56. The third kappa shape index (κ3) is 3.98. The molecule has 1 aliphatic rings. The Kier molecular flexibility index (Phi) is 6.03. The molecule has 0 bridgehead atoms. The first kappa shape index (κ1) is 21.6. The number of rotatable bonds is 7. The zero-order valence-electron chi connectivity index (χ0n) is 18.0. The maximum absolute atomic E-state index is 13.0. The predicted molar refractivity (Wildman–Crippen MR) is 113 cm³/mol. The molecule has 1 heterocycles. The van der Waals surface area contributed by atoms with E-state index in [1.165, 1.54) is 0 Å². The Hall–Kier alpha value is -3.06. The molecule has 160 valence electrons. The molecule has 0 aliphatic carbocycles. The second-order valence-corrected chi connectivity index (χ2v) is 7.82. The summed E-state index contributed by atoms with van der Waals surface area (Å²) >= 11 is 0. The molecule has 2 atom stereocenters. The number of urea groups is 1. The number of aliphatic hydroxyl groups is 1. The summed E-state index contributed by atoms with van der Waals surface area (Å²) in [6, 6.07) is 10.4. The van der Waals surface area contributed by atoms with E-state index in [1.807, 2.05) is 32.9 Å². The van der Waals surface area contributed by atoms with E-state index in [-0.39, 0.29) is 13.2 Å². The van der Waals surface area contributed by atoms with E-state index in [4.69, 9.17) is 9.47 Å². The van der Waals surface area contributed by atoms with E-state index < -0.39 is 23.6 Å². The molecule has 7 nitrogen and oxygen atoms in total. The molecule has 30 heavy (non-hydrogen) atoms. The monoisotopic (exact) mass is 412 g/mol. The van der Waals surface area contributed by atoms with Crippen LogP contribution in [0, 0.1) is 20.8 Å². The number of benzene rings is 2. The maximum atomic E-state index is 13.0. The van der Waals surface area contributed by atoms with Crippen LogP contribution in [0.5, 0.6) is 11.5 Å². The molecular weight excluding hydrogens is 384 g/mol. The van der Waals surface area contributed by atoms with Crippen molar-refractivity contribution >= 4 is 11.9 Å². The number of hydrogen-bond donors (Lipinski definition) is 2. The number of carbonyl (C=O) groups is 2. The van der Waals surface area contributed by atoms with Gasteiger partial charge in [0.05, 0.1) is 13.7 Å². The molecule has 0 aromatic heterocycles. The molecule has 0 radical (unpaired) electrons. The van der Waals surface area contributed by atoms with Crippen molar-refractivity contribution in [3.63, 3.8) is 0 Å². The van der Waals surface area contributed by atoms with Crippen molar-refractivity contribution in [2.24, 2.45) is 0 Å². The molecule has 1 aliphatic heterocycles. The number of imide groups is 1. The Morgan fingerprint density at radius 3 is 2.33 bits per heavy atom. The lowest BCUT2D eigenvalue weighted by Crippen LogP contribution is -2.42. The third-order valence-corrected chi connectivity index (χ3v) is 5.63. The number of amides is 3. The van der Waals surface area contributed by atoms with Gasteiger partial charge in [0.15, 0.2) is 0 Å². The van der Waals surface area contributed by atoms with E-state index in [9.17, 15) is 14.7 Å². The Labute approximate surface area is 176 Å². The van der Waals surface area contributed by atoms with E-state index >= 15 is 0 Å². The van der Waals surface area contributed by atoms with Crippen LogP contribution in [-0.4, -0.2) is 48.3 Å². The minimum Gasteiger partial charge on any atom is -0.497 e. The van der Waals surface area contributed by atoms with Crippen molar-refractivity contribution in [1.82, 2.24) is 10.2 Å². The number of methoxy groups -OCH3 is 1. The van der Waals surface area contributed by atoms with Crippen LogP contribution in [0.4, 0.5) is 4.79 Å². The number of hydrogen-bond acceptors (Lipinski definition) is 5. The minimum atomic E-state index is -1.20. The van der Waals surface area contributed by atoms with Crippen molar-refractivity contribution in [3.05, 3.63) is 58.7 Å². The average Bonchev–Trinajstić information content (AvgIpc) is 2.95. The topological polar surface area (TPSA) is 88.1 Å². The highest BCUT2D eigenvalue weighted by atomic mass is 16.5. The average molecular weight is 412 g/mol. The number of nitrogens with one attached hydrogen (secondary N) is 1. The van der Waals surface area contributed by atoms with Gasteiger partial charge in [0.1, 0.15) is 29.7 Å². The minimum absolute atomic E-state index is 0.0263. The van der Waals surface area contributed by atoms with Gasteiger partial charge in [-0.25, -0.2) is 4.79 Å². The quantitative estimate of drug-likeness (QED) is 0.683. The Morgan fingerprint density at radius 2 is 1.70 bits per heavy atom. The van der Waals surface area contributed by atoms with Gasteiger partial charge >= 0.3 is 6.03 Å². The fourth-order valence-corrected chi connectivity index (χ4v) is 3.57.